The summed E-state index contributed by atoms with van der Waals surface area (Å²) in [5.41, 5.74) is 5.86. The van der Waals surface area contributed by atoms with Gasteiger partial charge in [0.1, 0.15) is 24.7 Å². The Hall–Kier alpha value is -5.92. The second-order valence-electron chi connectivity index (χ2n) is 17.0. The van der Waals surface area contributed by atoms with Crippen LogP contribution in [-0.2, 0) is 57.5 Å². The van der Waals surface area contributed by atoms with Crippen LogP contribution in [-0.4, -0.2) is 76.9 Å². The van der Waals surface area contributed by atoms with Crippen LogP contribution in [0.5, 0.6) is 11.5 Å². The van der Waals surface area contributed by atoms with Gasteiger partial charge in [-0.15, -0.1) is 0 Å². The van der Waals surface area contributed by atoms with E-state index in [0.29, 0.717) is 59.9 Å². The van der Waals surface area contributed by atoms with Crippen molar-refractivity contribution in [2.45, 2.75) is 63.5 Å². The van der Waals surface area contributed by atoms with Gasteiger partial charge in [0.25, 0.3) is 0 Å². The normalized spacial score (nSPS) is 11.8. The van der Waals surface area contributed by atoms with Crippen LogP contribution in [0, 0.1) is 0 Å². The molecule has 6 aromatic rings. The van der Waals surface area contributed by atoms with Crippen LogP contribution >= 0.6 is 0 Å². The number of rotatable bonds is 27. The number of benzene rings is 6. The molecule has 66 heavy (non-hydrogen) atoms. The zero-order valence-corrected chi connectivity index (χ0v) is 39.5. The Morgan fingerprint density at radius 3 is 1.11 bits per heavy atom. The summed E-state index contributed by atoms with van der Waals surface area (Å²) in [5.74, 6) is 0.182. The summed E-state index contributed by atoms with van der Waals surface area (Å²) in [5, 5.41) is 0. The van der Waals surface area contributed by atoms with E-state index in [2.05, 4.69) is 9.80 Å². The number of ketones is 2. The lowest BCUT2D eigenvalue weighted by molar-refractivity contribution is 0.0913. The van der Waals surface area contributed by atoms with Crippen molar-refractivity contribution in [2.75, 3.05) is 38.7 Å². The van der Waals surface area contributed by atoms with Gasteiger partial charge in [0.15, 0.2) is 31.2 Å². The summed E-state index contributed by atoms with van der Waals surface area (Å²) >= 11 is 0. The molecule has 0 radical (unpaired) electrons. The van der Waals surface area contributed by atoms with Crippen molar-refractivity contribution in [1.82, 2.24) is 9.80 Å². The summed E-state index contributed by atoms with van der Waals surface area (Å²) in [6.07, 6.45) is 5.88. The van der Waals surface area contributed by atoms with Crippen LogP contribution in [0.2, 0.25) is 0 Å². The van der Waals surface area contributed by atoms with E-state index < -0.39 is 19.7 Å². The van der Waals surface area contributed by atoms with Crippen LogP contribution < -0.4 is 9.47 Å². The minimum Gasteiger partial charge on any atom is -0.489 e. The highest BCUT2D eigenvalue weighted by Crippen LogP contribution is 2.26. The highest BCUT2D eigenvalue weighted by atomic mass is 32.2. The summed E-state index contributed by atoms with van der Waals surface area (Å²) in [4.78, 5) is 32.1. The van der Waals surface area contributed by atoms with Gasteiger partial charge in [-0.05, 0) is 84.6 Å². The number of carbonyl (C=O) groups is 2. The first-order valence-corrected chi connectivity index (χ1v) is 26.4. The predicted octanol–water partition coefficient (Wildman–Crippen LogP) is 9.56. The standard InChI is InChI=1S/C54H60N2O8S2/c1-65(59,60)41-49-33-47(27-29-53(49)63-39-45-23-13-7-14-24-45)51(57)37-55(35-43-19-9-5-10-20-43)31-17-3-4-18-32-56(36-44-21-11-6-12-22-44)38-52(58)48-28-30-54(50(34-48)42-66(2,61)62)64-40-46-25-15-8-16-26-46/h5-16,19-30,33-34H,3-4,17-18,31-32,35-42H2,1-2H3. The molecule has 0 heterocycles. The molecule has 0 saturated carbocycles. The third kappa shape index (κ3) is 17.1. The highest BCUT2D eigenvalue weighted by Gasteiger charge is 2.20. The molecule has 12 heteroatoms. The fourth-order valence-electron chi connectivity index (χ4n) is 7.77. The molecule has 10 nitrogen and oxygen atoms in total. The molecule has 0 aromatic heterocycles. The lowest BCUT2D eigenvalue weighted by atomic mass is 10.1. The molecule has 0 bridgehead atoms. The third-order valence-corrected chi connectivity index (χ3v) is 12.7. The van der Waals surface area contributed by atoms with Gasteiger partial charge in [0, 0.05) is 47.9 Å². The SMILES string of the molecule is CS(=O)(=O)Cc1cc(C(=O)CN(CCCCCCN(CC(=O)c2ccc(OCc3ccccc3)c(CS(C)(=O)=O)c2)Cc2ccccc2)Cc2ccccc2)ccc1OCc1ccccc1. The molecule has 0 unspecified atom stereocenters. The minimum absolute atomic E-state index is 0.102. The lowest BCUT2D eigenvalue weighted by Crippen LogP contribution is -2.31. The number of nitrogens with zero attached hydrogens (tertiary/aromatic N) is 2. The molecule has 0 spiro atoms. The first kappa shape index (κ1) is 49.5. The Morgan fingerprint density at radius 2 is 0.773 bits per heavy atom. The molecular formula is C54H60N2O8S2. The maximum absolute atomic E-state index is 13.9. The van der Waals surface area contributed by atoms with Gasteiger partial charge < -0.3 is 9.47 Å². The van der Waals surface area contributed by atoms with Crippen molar-refractivity contribution in [3.05, 3.63) is 202 Å². The van der Waals surface area contributed by atoms with E-state index >= 15 is 0 Å². The van der Waals surface area contributed by atoms with Gasteiger partial charge in [-0.2, -0.15) is 0 Å². The fraction of sp³-hybridized carbons (Fsp3) is 0.296. The van der Waals surface area contributed by atoms with Crippen molar-refractivity contribution < 1.29 is 35.9 Å². The average molecular weight is 929 g/mol. The van der Waals surface area contributed by atoms with E-state index in [9.17, 15) is 26.4 Å². The Kier molecular flexibility index (Phi) is 18.4. The topological polar surface area (TPSA) is 127 Å². The van der Waals surface area contributed by atoms with Crippen LogP contribution in [0.1, 0.15) is 79.8 Å². The number of ether oxygens (including phenoxy) is 2. The molecule has 0 fully saturated rings. The molecule has 0 aliphatic heterocycles. The first-order chi connectivity index (χ1) is 31.8. The van der Waals surface area contributed by atoms with Crippen molar-refractivity contribution in [1.29, 1.82) is 0 Å². The highest BCUT2D eigenvalue weighted by molar-refractivity contribution is 7.90. The van der Waals surface area contributed by atoms with Gasteiger partial charge in [-0.25, -0.2) is 16.8 Å². The van der Waals surface area contributed by atoms with Crippen molar-refractivity contribution in [3.8, 4) is 11.5 Å². The number of unbranched alkanes of at least 4 members (excludes halogenated alkanes) is 3. The largest absolute Gasteiger partial charge is 0.489 e. The minimum atomic E-state index is -3.41. The number of Topliss-reactive ketones (excluding diaryl/α,β-unsaturated/α-hetero) is 2. The van der Waals surface area contributed by atoms with E-state index in [1.165, 1.54) is 12.5 Å². The average Bonchev–Trinajstić information content (AvgIpc) is 3.29. The number of sulfone groups is 2. The molecular weight excluding hydrogens is 869 g/mol. The summed E-state index contributed by atoms with van der Waals surface area (Å²) in [7, 11) is -6.82. The van der Waals surface area contributed by atoms with Gasteiger partial charge in [0.2, 0.25) is 0 Å². The van der Waals surface area contributed by atoms with E-state index in [-0.39, 0.29) is 49.4 Å². The smallest absolute Gasteiger partial charge is 0.176 e. The van der Waals surface area contributed by atoms with E-state index in [1.54, 1.807) is 36.4 Å². The predicted molar refractivity (Wildman–Crippen MR) is 262 cm³/mol. The number of hydrogen-bond acceptors (Lipinski definition) is 10. The van der Waals surface area contributed by atoms with E-state index in [1.807, 2.05) is 121 Å². The molecule has 0 aliphatic rings. The summed E-state index contributed by atoms with van der Waals surface area (Å²) in [6, 6.07) is 49.4. The van der Waals surface area contributed by atoms with Gasteiger partial charge in [0.05, 0.1) is 24.6 Å². The number of hydrogen-bond donors (Lipinski definition) is 0. The molecule has 0 atom stereocenters. The van der Waals surface area contributed by atoms with E-state index in [0.717, 1.165) is 47.9 Å². The monoisotopic (exact) mass is 928 g/mol. The molecule has 6 aromatic carbocycles. The van der Waals surface area contributed by atoms with E-state index in [4.69, 9.17) is 9.47 Å². The van der Waals surface area contributed by atoms with Crippen LogP contribution in [0.25, 0.3) is 0 Å². The second kappa shape index (κ2) is 24.6. The Bertz CT molecular complexity index is 2510. The van der Waals surface area contributed by atoms with Crippen LogP contribution in [0.4, 0.5) is 0 Å². The zero-order chi connectivity index (χ0) is 46.8. The molecule has 0 amide bonds. The van der Waals surface area contributed by atoms with Gasteiger partial charge >= 0.3 is 0 Å². The Balaban J connectivity index is 1.07. The second-order valence-corrected chi connectivity index (χ2v) is 21.3. The molecule has 346 valence electrons. The quantitative estimate of drug-likeness (QED) is 0.0364. The van der Waals surface area contributed by atoms with Crippen LogP contribution in [0.15, 0.2) is 158 Å². The fourth-order valence-corrected chi connectivity index (χ4v) is 9.35. The first-order valence-electron chi connectivity index (χ1n) is 22.3. The summed E-state index contributed by atoms with van der Waals surface area (Å²) < 4.78 is 61.8. The maximum Gasteiger partial charge on any atom is 0.176 e. The van der Waals surface area contributed by atoms with Crippen molar-refractivity contribution in [3.63, 3.8) is 0 Å². The zero-order valence-electron chi connectivity index (χ0n) is 37.9. The van der Waals surface area contributed by atoms with Gasteiger partial charge in [-0.1, -0.05) is 134 Å². The maximum atomic E-state index is 13.9. The van der Waals surface area contributed by atoms with Gasteiger partial charge in [-0.3, -0.25) is 19.4 Å². The van der Waals surface area contributed by atoms with Crippen LogP contribution in [0.3, 0.4) is 0 Å². The Labute approximate surface area is 391 Å². The lowest BCUT2D eigenvalue weighted by Gasteiger charge is -2.23. The molecule has 0 saturated heterocycles. The Morgan fingerprint density at radius 1 is 0.439 bits per heavy atom. The van der Waals surface area contributed by atoms with Crippen molar-refractivity contribution >= 4 is 31.2 Å². The molecule has 0 aliphatic carbocycles. The molecule has 6 rings (SSSR count). The third-order valence-electron chi connectivity index (χ3n) is 11.0. The van der Waals surface area contributed by atoms with Crippen molar-refractivity contribution in [2.24, 2.45) is 0 Å². The molecule has 0 N–H and O–H groups in total. The number of carbonyl (C=O) groups excluding carboxylic acids is 2. The summed E-state index contributed by atoms with van der Waals surface area (Å²) in [6.45, 7) is 3.40.